The first-order chi connectivity index (χ1) is 9.24. The monoisotopic (exact) mass is 309 g/mol. The summed E-state index contributed by atoms with van der Waals surface area (Å²) in [4.78, 5) is 9.92. The van der Waals surface area contributed by atoms with Crippen LogP contribution in [0.2, 0.25) is 4.34 Å². The Hall–Kier alpha value is -1.17. The lowest BCUT2D eigenvalue weighted by Gasteiger charge is -2.05. The molecule has 0 fully saturated rings. The summed E-state index contributed by atoms with van der Waals surface area (Å²) in [6.07, 6.45) is 2.57. The molecule has 6 heteroatoms. The SMILES string of the molecule is Cc1csc2c(NCCc3ccc(Cl)s3)ncnc12. The van der Waals surface area contributed by atoms with Gasteiger partial charge >= 0.3 is 0 Å². The van der Waals surface area contributed by atoms with Gasteiger partial charge in [0, 0.05) is 11.4 Å². The molecule has 3 rings (SSSR count). The second kappa shape index (κ2) is 5.45. The van der Waals surface area contributed by atoms with Gasteiger partial charge in [-0.3, -0.25) is 0 Å². The van der Waals surface area contributed by atoms with E-state index in [4.69, 9.17) is 11.6 Å². The zero-order valence-corrected chi connectivity index (χ0v) is 12.7. The fourth-order valence-electron chi connectivity index (χ4n) is 1.89. The molecule has 3 aromatic rings. The van der Waals surface area contributed by atoms with Crippen molar-refractivity contribution in [3.8, 4) is 0 Å². The number of halogens is 1. The van der Waals surface area contributed by atoms with Crippen LogP contribution < -0.4 is 5.32 Å². The van der Waals surface area contributed by atoms with E-state index in [0.29, 0.717) is 0 Å². The topological polar surface area (TPSA) is 37.8 Å². The molecule has 1 N–H and O–H groups in total. The third-order valence-electron chi connectivity index (χ3n) is 2.82. The molecule has 0 aliphatic rings. The van der Waals surface area contributed by atoms with Crippen LogP contribution in [0.5, 0.6) is 0 Å². The summed E-state index contributed by atoms with van der Waals surface area (Å²) < 4.78 is 1.97. The summed E-state index contributed by atoms with van der Waals surface area (Å²) in [6.45, 7) is 2.92. The highest BCUT2D eigenvalue weighted by Crippen LogP contribution is 2.28. The third kappa shape index (κ3) is 2.73. The van der Waals surface area contributed by atoms with Gasteiger partial charge in [0.2, 0.25) is 0 Å². The molecule has 0 aliphatic carbocycles. The molecule has 98 valence electrons. The van der Waals surface area contributed by atoms with E-state index in [1.807, 2.05) is 6.07 Å². The summed E-state index contributed by atoms with van der Waals surface area (Å²) in [7, 11) is 0. The van der Waals surface area contributed by atoms with Crippen molar-refractivity contribution < 1.29 is 0 Å². The van der Waals surface area contributed by atoms with Gasteiger partial charge in [0.05, 0.1) is 14.6 Å². The number of nitrogens with zero attached hydrogens (tertiary/aromatic N) is 2. The fourth-order valence-corrected chi connectivity index (χ4v) is 3.94. The minimum absolute atomic E-state index is 0.841. The molecule has 0 aromatic carbocycles. The van der Waals surface area contributed by atoms with Crippen LogP contribution in [0.1, 0.15) is 10.4 Å². The maximum Gasteiger partial charge on any atom is 0.147 e. The molecule has 0 amide bonds. The zero-order chi connectivity index (χ0) is 13.2. The van der Waals surface area contributed by atoms with E-state index in [-0.39, 0.29) is 0 Å². The number of aryl methyl sites for hydroxylation is 1. The van der Waals surface area contributed by atoms with E-state index in [1.54, 1.807) is 29.0 Å². The molecule has 3 aromatic heterocycles. The number of fused-ring (bicyclic) bond motifs is 1. The number of hydrogen-bond donors (Lipinski definition) is 1. The number of aromatic nitrogens is 2. The Bertz CT molecular complexity index is 705. The normalized spacial score (nSPS) is 11.1. The summed E-state index contributed by atoms with van der Waals surface area (Å²) in [5.74, 6) is 0.922. The maximum atomic E-state index is 5.92. The first kappa shape index (κ1) is 12.8. The van der Waals surface area contributed by atoms with Crippen molar-refractivity contribution >= 4 is 50.3 Å². The Kier molecular flexibility index (Phi) is 3.68. The second-order valence-electron chi connectivity index (χ2n) is 4.20. The molecule has 19 heavy (non-hydrogen) atoms. The van der Waals surface area contributed by atoms with Gasteiger partial charge < -0.3 is 5.32 Å². The van der Waals surface area contributed by atoms with Crippen LogP contribution >= 0.6 is 34.3 Å². The van der Waals surface area contributed by atoms with Crippen LogP contribution in [0.3, 0.4) is 0 Å². The van der Waals surface area contributed by atoms with Gasteiger partial charge in [-0.2, -0.15) is 0 Å². The molecule has 3 nitrogen and oxygen atoms in total. The average molecular weight is 310 g/mol. The van der Waals surface area contributed by atoms with Crippen molar-refractivity contribution in [3.63, 3.8) is 0 Å². The maximum absolute atomic E-state index is 5.92. The standard InChI is InChI=1S/C13H12ClN3S2/c1-8-6-18-12-11(8)16-7-17-13(12)15-5-4-9-2-3-10(14)19-9/h2-3,6-7H,4-5H2,1H3,(H,15,16,17). The largest absolute Gasteiger partial charge is 0.368 e. The highest BCUT2D eigenvalue weighted by atomic mass is 35.5. The molecule has 0 bridgehead atoms. The minimum atomic E-state index is 0.841. The van der Waals surface area contributed by atoms with E-state index < -0.39 is 0 Å². The third-order valence-corrected chi connectivity index (χ3v) is 5.21. The lowest BCUT2D eigenvalue weighted by molar-refractivity contribution is 1.03. The Labute approximate surface area is 124 Å². The number of nitrogens with one attached hydrogen (secondary N) is 1. The Morgan fingerprint density at radius 3 is 3.00 bits per heavy atom. The zero-order valence-electron chi connectivity index (χ0n) is 10.3. The van der Waals surface area contributed by atoms with Gasteiger partial charge in [0.1, 0.15) is 12.1 Å². The summed E-state index contributed by atoms with van der Waals surface area (Å²) >= 11 is 9.23. The van der Waals surface area contributed by atoms with Crippen molar-refractivity contribution in [1.82, 2.24) is 9.97 Å². The van der Waals surface area contributed by atoms with Gasteiger partial charge in [-0.15, -0.1) is 22.7 Å². The first-order valence-corrected chi connectivity index (χ1v) is 7.98. The lowest BCUT2D eigenvalue weighted by atomic mass is 10.3. The van der Waals surface area contributed by atoms with Gasteiger partial charge in [0.15, 0.2) is 0 Å². The van der Waals surface area contributed by atoms with E-state index in [0.717, 1.165) is 33.3 Å². The fraction of sp³-hybridized carbons (Fsp3) is 0.231. The van der Waals surface area contributed by atoms with Crippen molar-refractivity contribution in [2.24, 2.45) is 0 Å². The van der Waals surface area contributed by atoms with Crippen LogP contribution in [0, 0.1) is 6.92 Å². The highest BCUT2D eigenvalue weighted by molar-refractivity contribution is 7.18. The summed E-state index contributed by atoms with van der Waals surface area (Å²) in [6, 6.07) is 4.01. The molecule has 0 saturated carbocycles. The van der Waals surface area contributed by atoms with Crippen molar-refractivity contribution in [2.75, 3.05) is 11.9 Å². The van der Waals surface area contributed by atoms with Gasteiger partial charge in [-0.1, -0.05) is 11.6 Å². The van der Waals surface area contributed by atoms with Crippen LogP contribution in [0.4, 0.5) is 5.82 Å². The molecular weight excluding hydrogens is 298 g/mol. The van der Waals surface area contributed by atoms with E-state index in [9.17, 15) is 0 Å². The first-order valence-electron chi connectivity index (χ1n) is 5.91. The Morgan fingerprint density at radius 1 is 1.32 bits per heavy atom. The molecule has 0 unspecified atom stereocenters. The number of anilines is 1. The molecule has 0 radical (unpaired) electrons. The van der Waals surface area contributed by atoms with Gasteiger partial charge in [-0.05, 0) is 36.4 Å². The summed E-state index contributed by atoms with van der Waals surface area (Å²) in [5, 5.41) is 5.50. The molecular formula is C13H12ClN3S2. The quantitative estimate of drug-likeness (QED) is 0.777. The molecule has 0 saturated heterocycles. The average Bonchev–Trinajstić information content (AvgIpc) is 2.98. The highest BCUT2D eigenvalue weighted by Gasteiger charge is 2.07. The molecule has 0 atom stereocenters. The Morgan fingerprint density at radius 2 is 2.21 bits per heavy atom. The predicted octanol–water partition coefficient (Wildman–Crippen LogP) is 4.37. The van der Waals surface area contributed by atoms with Crippen LogP contribution in [-0.4, -0.2) is 16.5 Å². The van der Waals surface area contributed by atoms with Gasteiger partial charge in [0.25, 0.3) is 0 Å². The predicted molar refractivity (Wildman–Crippen MR) is 83.7 cm³/mol. The van der Waals surface area contributed by atoms with E-state index in [1.165, 1.54) is 10.4 Å². The minimum Gasteiger partial charge on any atom is -0.368 e. The summed E-state index contributed by atoms with van der Waals surface area (Å²) in [5.41, 5.74) is 2.25. The second-order valence-corrected chi connectivity index (χ2v) is 6.88. The molecule has 3 heterocycles. The van der Waals surface area contributed by atoms with E-state index >= 15 is 0 Å². The van der Waals surface area contributed by atoms with Gasteiger partial charge in [-0.25, -0.2) is 9.97 Å². The van der Waals surface area contributed by atoms with Crippen LogP contribution in [-0.2, 0) is 6.42 Å². The van der Waals surface area contributed by atoms with Crippen molar-refractivity contribution in [3.05, 3.63) is 38.6 Å². The Balaban J connectivity index is 1.71. The van der Waals surface area contributed by atoms with Crippen molar-refractivity contribution in [1.29, 1.82) is 0 Å². The van der Waals surface area contributed by atoms with E-state index in [2.05, 4.69) is 33.7 Å². The number of rotatable bonds is 4. The molecule has 0 spiro atoms. The smallest absolute Gasteiger partial charge is 0.147 e. The number of hydrogen-bond acceptors (Lipinski definition) is 5. The lowest BCUT2D eigenvalue weighted by Crippen LogP contribution is -2.05. The van der Waals surface area contributed by atoms with Crippen molar-refractivity contribution in [2.45, 2.75) is 13.3 Å². The number of thiophene rings is 2. The molecule has 0 aliphatic heterocycles. The van der Waals surface area contributed by atoms with Crippen LogP contribution in [0.15, 0.2) is 23.8 Å². The van der Waals surface area contributed by atoms with Crippen LogP contribution in [0.25, 0.3) is 10.2 Å².